The Kier molecular flexibility index (Phi) is 4.30. The average Bonchev–Trinajstić information content (AvgIpc) is 3.02. The van der Waals surface area contributed by atoms with E-state index in [1.54, 1.807) is 11.3 Å². The maximum absolute atomic E-state index is 12.0. The highest BCUT2D eigenvalue weighted by Crippen LogP contribution is 2.23. The summed E-state index contributed by atoms with van der Waals surface area (Å²) >= 11 is 1.56. The van der Waals surface area contributed by atoms with Gasteiger partial charge in [-0.1, -0.05) is 18.2 Å². The number of fused-ring (bicyclic) bond motifs is 1. The molecule has 23 heavy (non-hydrogen) atoms. The van der Waals surface area contributed by atoms with Crippen LogP contribution < -0.4 is 10.9 Å². The van der Waals surface area contributed by atoms with Gasteiger partial charge in [0.15, 0.2) is 0 Å². The Balaban J connectivity index is 1.84. The monoisotopic (exact) mass is 327 g/mol. The Bertz CT molecular complexity index is 910. The van der Waals surface area contributed by atoms with Crippen LogP contribution >= 0.6 is 11.3 Å². The van der Waals surface area contributed by atoms with Crippen molar-refractivity contribution in [3.05, 3.63) is 67.7 Å². The number of aryl methyl sites for hydroxylation is 2. The average molecular weight is 327 g/mol. The minimum Gasteiger partial charge on any atom is -0.422 e. The SMILES string of the molecule is Cc1ccc2c(CNC(=O)Cc3cccs3)cc(=O)oc2c1C. The van der Waals surface area contributed by atoms with Crippen LogP contribution in [0.1, 0.15) is 21.6 Å². The standard InChI is InChI=1S/C18H17NO3S/c1-11-5-6-15-13(8-17(21)22-18(15)12(11)2)10-19-16(20)9-14-4-3-7-23-14/h3-8H,9-10H2,1-2H3,(H,19,20). The van der Waals surface area contributed by atoms with Gasteiger partial charge in [-0.05, 0) is 42.0 Å². The zero-order chi connectivity index (χ0) is 16.4. The maximum atomic E-state index is 12.0. The molecule has 0 fully saturated rings. The molecule has 0 spiro atoms. The van der Waals surface area contributed by atoms with Gasteiger partial charge in [-0.2, -0.15) is 0 Å². The van der Waals surface area contributed by atoms with Crippen molar-refractivity contribution >= 4 is 28.2 Å². The lowest BCUT2D eigenvalue weighted by Crippen LogP contribution is -2.24. The summed E-state index contributed by atoms with van der Waals surface area (Å²) in [5.74, 6) is -0.0577. The summed E-state index contributed by atoms with van der Waals surface area (Å²) in [4.78, 5) is 24.8. The summed E-state index contributed by atoms with van der Waals surface area (Å²) in [6.45, 7) is 4.22. The molecule has 0 saturated heterocycles. The molecule has 1 aromatic carbocycles. The van der Waals surface area contributed by atoms with E-state index in [2.05, 4.69) is 5.32 Å². The highest BCUT2D eigenvalue weighted by molar-refractivity contribution is 7.10. The van der Waals surface area contributed by atoms with E-state index in [1.165, 1.54) is 6.07 Å². The van der Waals surface area contributed by atoms with Gasteiger partial charge < -0.3 is 9.73 Å². The van der Waals surface area contributed by atoms with Gasteiger partial charge in [0.2, 0.25) is 5.91 Å². The fraction of sp³-hybridized carbons (Fsp3) is 0.222. The first-order valence-electron chi connectivity index (χ1n) is 7.36. The molecule has 1 amide bonds. The molecule has 0 radical (unpaired) electrons. The third-order valence-corrected chi connectivity index (χ3v) is 4.78. The number of benzene rings is 1. The number of amides is 1. The second-order valence-electron chi connectivity index (χ2n) is 5.51. The molecule has 1 N–H and O–H groups in total. The van der Waals surface area contributed by atoms with Crippen LogP contribution in [0.5, 0.6) is 0 Å². The van der Waals surface area contributed by atoms with Gasteiger partial charge >= 0.3 is 5.63 Å². The molecular formula is C18H17NO3S. The van der Waals surface area contributed by atoms with Crippen molar-refractivity contribution in [3.63, 3.8) is 0 Å². The molecule has 3 rings (SSSR count). The van der Waals surface area contributed by atoms with Crippen molar-refractivity contribution in [1.82, 2.24) is 5.32 Å². The normalized spacial score (nSPS) is 10.9. The van der Waals surface area contributed by atoms with E-state index < -0.39 is 5.63 Å². The molecule has 0 atom stereocenters. The predicted octanol–water partition coefficient (Wildman–Crippen LogP) is 3.33. The van der Waals surface area contributed by atoms with E-state index in [1.807, 2.05) is 43.5 Å². The first-order valence-corrected chi connectivity index (χ1v) is 8.24. The highest BCUT2D eigenvalue weighted by atomic mass is 32.1. The molecule has 0 aliphatic heterocycles. The van der Waals surface area contributed by atoms with Gasteiger partial charge in [0.1, 0.15) is 5.58 Å². The molecule has 3 aromatic rings. The summed E-state index contributed by atoms with van der Waals surface area (Å²) in [6, 6.07) is 9.23. The van der Waals surface area contributed by atoms with Gasteiger partial charge in [-0.15, -0.1) is 11.3 Å². The number of carbonyl (C=O) groups is 1. The molecule has 5 heteroatoms. The zero-order valence-corrected chi connectivity index (χ0v) is 13.8. The Labute approximate surface area is 137 Å². The molecule has 0 saturated carbocycles. The third kappa shape index (κ3) is 3.35. The number of hydrogen-bond acceptors (Lipinski definition) is 4. The van der Waals surface area contributed by atoms with E-state index in [9.17, 15) is 9.59 Å². The van der Waals surface area contributed by atoms with Gasteiger partial charge in [0.05, 0.1) is 6.42 Å². The molecule has 2 heterocycles. The zero-order valence-electron chi connectivity index (χ0n) is 13.0. The Morgan fingerprint density at radius 2 is 2.09 bits per heavy atom. The largest absolute Gasteiger partial charge is 0.422 e. The van der Waals surface area contributed by atoms with Gasteiger partial charge in [0.25, 0.3) is 0 Å². The third-order valence-electron chi connectivity index (χ3n) is 3.91. The molecule has 118 valence electrons. The van der Waals surface area contributed by atoms with Crippen LogP contribution in [0.2, 0.25) is 0 Å². The van der Waals surface area contributed by atoms with Crippen molar-refractivity contribution in [2.45, 2.75) is 26.8 Å². The second-order valence-corrected chi connectivity index (χ2v) is 6.54. The molecule has 0 unspecified atom stereocenters. The Morgan fingerprint density at radius 3 is 2.83 bits per heavy atom. The molecular weight excluding hydrogens is 310 g/mol. The molecule has 0 aliphatic carbocycles. The first-order chi connectivity index (χ1) is 11.0. The summed E-state index contributed by atoms with van der Waals surface area (Å²) in [5.41, 5.74) is 3.00. The summed E-state index contributed by atoms with van der Waals surface area (Å²) in [5, 5.41) is 5.69. The van der Waals surface area contributed by atoms with E-state index >= 15 is 0 Å². The van der Waals surface area contributed by atoms with Crippen LogP contribution in [0.15, 0.2) is 44.9 Å². The minimum absolute atomic E-state index is 0.0577. The van der Waals surface area contributed by atoms with Crippen molar-refractivity contribution < 1.29 is 9.21 Å². The van der Waals surface area contributed by atoms with E-state index in [4.69, 9.17) is 4.42 Å². The van der Waals surface area contributed by atoms with Crippen LogP contribution in [0, 0.1) is 13.8 Å². The number of rotatable bonds is 4. The number of thiophene rings is 1. The summed E-state index contributed by atoms with van der Waals surface area (Å²) < 4.78 is 5.34. The van der Waals surface area contributed by atoms with Crippen molar-refractivity contribution in [2.75, 3.05) is 0 Å². The first kappa shape index (κ1) is 15.5. The van der Waals surface area contributed by atoms with Crippen LogP contribution in [0.4, 0.5) is 0 Å². The number of nitrogens with one attached hydrogen (secondary N) is 1. The van der Waals surface area contributed by atoms with Crippen LogP contribution in [-0.2, 0) is 17.8 Å². The molecule has 2 aromatic heterocycles. The topological polar surface area (TPSA) is 59.3 Å². The predicted molar refractivity (Wildman–Crippen MR) is 91.8 cm³/mol. The smallest absolute Gasteiger partial charge is 0.336 e. The van der Waals surface area contributed by atoms with E-state index in [0.717, 1.165) is 27.0 Å². The fourth-order valence-corrected chi connectivity index (χ4v) is 3.20. The van der Waals surface area contributed by atoms with Crippen LogP contribution in [0.3, 0.4) is 0 Å². The van der Waals surface area contributed by atoms with Crippen molar-refractivity contribution in [1.29, 1.82) is 0 Å². The molecule has 4 nitrogen and oxygen atoms in total. The summed E-state index contributed by atoms with van der Waals surface area (Å²) in [7, 11) is 0. The second kappa shape index (κ2) is 6.38. The van der Waals surface area contributed by atoms with Crippen LogP contribution in [-0.4, -0.2) is 5.91 Å². The lowest BCUT2D eigenvalue weighted by molar-refractivity contribution is -0.120. The van der Waals surface area contributed by atoms with Crippen LogP contribution in [0.25, 0.3) is 11.0 Å². The number of carbonyl (C=O) groups excluding carboxylic acids is 1. The lowest BCUT2D eigenvalue weighted by atomic mass is 10.0. The van der Waals surface area contributed by atoms with Gasteiger partial charge in [-0.3, -0.25) is 4.79 Å². The summed E-state index contributed by atoms with van der Waals surface area (Å²) in [6.07, 6.45) is 0.356. The van der Waals surface area contributed by atoms with E-state index in [0.29, 0.717) is 18.5 Å². The maximum Gasteiger partial charge on any atom is 0.336 e. The highest BCUT2D eigenvalue weighted by Gasteiger charge is 2.11. The Hall–Kier alpha value is -2.40. The van der Waals surface area contributed by atoms with Gasteiger partial charge in [-0.25, -0.2) is 4.79 Å². The number of hydrogen-bond donors (Lipinski definition) is 1. The quantitative estimate of drug-likeness (QED) is 0.748. The lowest BCUT2D eigenvalue weighted by Gasteiger charge is -2.10. The van der Waals surface area contributed by atoms with E-state index in [-0.39, 0.29) is 5.91 Å². The van der Waals surface area contributed by atoms with Gasteiger partial charge in [0, 0.05) is 22.9 Å². The minimum atomic E-state index is -0.395. The van der Waals surface area contributed by atoms with Crippen molar-refractivity contribution in [3.8, 4) is 0 Å². The Morgan fingerprint density at radius 1 is 1.26 bits per heavy atom. The fourth-order valence-electron chi connectivity index (χ4n) is 2.50. The van der Waals surface area contributed by atoms with Crippen molar-refractivity contribution in [2.24, 2.45) is 0 Å². The molecule has 0 bridgehead atoms. The molecule has 0 aliphatic rings.